The van der Waals surface area contributed by atoms with Gasteiger partial charge in [-0.1, -0.05) is 0 Å². The highest BCUT2D eigenvalue weighted by molar-refractivity contribution is 5.07. The highest BCUT2D eigenvalue weighted by atomic mass is 15.3. The number of rotatable bonds is 3. The largest absolute Gasteiger partial charge is 0.353 e. The number of aromatic nitrogens is 1. The molecule has 4 saturated carbocycles. The van der Waals surface area contributed by atoms with Crippen LogP contribution in [-0.4, -0.2) is 46.6 Å². The summed E-state index contributed by atoms with van der Waals surface area (Å²) in [5.74, 6) is 4.30. The Bertz CT molecular complexity index is 527. The Kier molecular flexibility index (Phi) is 3.56. The standard InChI is InChI=1S/C20H31N3/c1-21-4-2-3-19(21)14-22-5-7-23(8-6-22)20-17-10-15-9-16(12-17)13-18(20)11-15/h2-4,15-18,20H,5-14H2,1H3. The van der Waals surface area contributed by atoms with Crippen molar-refractivity contribution in [2.45, 2.75) is 44.7 Å². The number of aryl methyl sites for hydroxylation is 1. The Morgan fingerprint density at radius 3 is 2.13 bits per heavy atom. The fourth-order valence-corrected chi connectivity index (χ4v) is 6.60. The normalized spacial score (nSPS) is 40.8. The number of piperazine rings is 1. The van der Waals surface area contributed by atoms with E-state index < -0.39 is 0 Å². The second-order valence-corrected chi connectivity index (χ2v) is 8.84. The van der Waals surface area contributed by atoms with Crippen molar-refractivity contribution in [3.8, 4) is 0 Å². The van der Waals surface area contributed by atoms with Gasteiger partial charge in [-0.05, 0) is 67.9 Å². The number of nitrogens with zero attached hydrogens (tertiary/aromatic N) is 3. The first-order valence-electron chi connectivity index (χ1n) is 9.83. The van der Waals surface area contributed by atoms with Gasteiger partial charge in [0.25, 0.3) is 0 Å². The number of hydrogen-bond acceptors (Lipinski definition) is 2. The van der Waals surface area contributed by atoms with E-state index in [1.54, 1.807) is 32.1 Å². The van der Waals surface area contributed by atoms with Crippen LogP contribution in [0.3, 0.4) is 0 Å². The van der Waals surface area contributed by atoms with Crippen molar-refractivity contribution in [1.29, 1.82) is 0 Å². The minimum Gasteiger partial charge on any atom is -0.353 e. The maximum atomic E-state index is 2.90. The molecule has 5 fully saturated rings. The van der Waals surface area contributed by atoms with Gasteiger partial charge in [0.1, 0.15) is 0 Å². The molecule has 3 nitrogen and oxygen atoms in total. The molecule has 0 radical (unpaired) electrons. The molecule has 2 heterocycles. The molecule has 0 unspecified atom stereocenters. The predicted molar refractivity (Wildman–Crippen MR) is 93.1 cm³/mol. The third-order valence-corrected chi connectivity index (χ3v) is 7.44. The van der Waals surface area contributed by atoms with Crippen LogP contribution in [0.4, 0.5) is 0 Å². The summed E-state index contributed by atoms with van der Waals surface area (Å²) in [5.41, 5.74) is 1.45. The third kappa shape index (κ3) is 2.56. The summed E-state index contributed by atoms with van der Waals surface area (Å²) < 4.78 is 2.27. The highest BCUT2D eigenvalue weighted by Gasteiger charge is 2.50. The molecular formula is C20H31N3. The lowest BCUT2D eigenvalue weighted by atomic mass is 9.54. The van der Waals surface area contributed by atoms with E-state index in [2.05, 4.69) is 39.7 Å². The van der Waals surface area contributed by atoms with Crippen molar-refractivity contribution >= 4 is 0 Å². The van der Waals surface area contributed by atoms with Crippen LogP contribution < -0.4 is 0 Å². The second kappa shape index (κ2) is 5.63. The van der Waals surface area contributed by atoms with Gasteiger partial charge in [0.2, 0.25) is 0 Å². The van der Waals surface area contributed by atoms with Gasteiger partial charge in [0, 0.05) is 57.7 Å². The maximum Gasteiger partial charge on any atom is 0.0388 e. The van der Waals surface area contributed by atoms with E-state index in [4.69, 9.17) is 0 Å². The van der Waals surface area contributed by atoms with Crippen LogP contribution in [0, 0.1) is 23.7 Å². The van der Waals surface area contributed by atoms with Gasteiger partial charge in [0.15, 0.2) is 0 Å². The quantitative estimate of drug-likeness (QED) is 0.850. The van der Waals surface area contributed by atoms with Crippen molar-refractivity contribution in [2.24, 2.45) is 30.7 Å². The third-order valence-electron chi connectivity index (χ3n) is 7.44. The molecule has 1 aliphatic heterocycles. The Morgan fingerprint density at radius 2 is 1.57 bits per heavy atom. The van der Waals surface area contributed by atoms with Crippen molar-refractivity contribution in [3.63, 3.8) is 0 Å². The molecule has 4 bridgehead atoms. The summed E-state index contributed by atoms with van der Waals surface area (Å²) >= 11 is 0. The van der Waals surface area contributed by atoms with Gasteiger partial charge in [-0.3, -0.25) is 9.80 Å². The summed E-state index contributed by atoms with van der Waals surface area (Å²) in [6, 6.07) is 5.38. The zero-order valence-electron chi connectivity index (χ0n) is 14.5. The molecule has 6 rings (SSSR count). The van der Waals surface area contributed by atoms with Crippen LogP contribution in [0.15, 0.2) is 18.3 Å². The topological polar surface area (TPSA) is 11.4 Å². The summed E-state index contributed by atoms with van der Waals surface area (Å²) in [6.45, 7) is 6.25. The van der Waals surface area contributed by atoms with Crippen LogP contribution in [0.5, 0.6) is 0 Å². The predicted octanol–water partition coefficient (Wildman–Crippen LogP) is 2.97. The maximum absolute atomic E-state index is 2.90. The van der Waals surface area contributed by atoms with Crippen LogP contribution >= 0.6 is 0 Å². The Morgan fingerprint density at radius 1 is 0.913 bits per heavy atom. The smallest absolute Gasteiger partial charge is 0.0388 e. The minimum atomic E-state index is 0.944. The molecule has 0 spiro atoms. The van der Waals surface area contributed by atoms with E-state index >= 15 is 0 Å². The Balaban J connectivity index is 1.21. The molecule has 0 N–H and O–H groups in total. The monoisotopic (exact) mass is 313 g/mol. The summed E-state index contributed by atoms with van der Waals surface area (Å²) in [7, 11) is 2.17. The first-order chi connectivity index (χ1) is 11.3. The molecule has 3 heteroatoms. The molecule has 0 atom stereocenters. The highest BCUT2D eigenvalue weighted by Crippen LogP contribution is 2.55. The van der Waals surface area contributed by atoms with Gasteiger partial charge in [0.05, 0.1) is 0 Å². The Labute approximate surface area is 140 Å². The summed E-state index contributed by atoms with van der Waals surface area (Å²) in [4.78, 5) is 5.55. The first-order valence-corrected chi connectivity index (χ1v) is 9.83. The van der Waals surface area contributed by atoms with Gasteiger partial charge in [-0.15, -0.1) is 0 Å². The van der Waals surface area contributed by atoms with Gasteiger partial charge in [-0.2, -0.15) is 0 Å². The fourth-order valence-electron chi connectivity index (χ4n) is 6.60. The SMILES string of the molecule is Cn1cccc1CN1CCN(C2C3CC4CC(C3)CC2C4)CC1. The molecule has 0 amide bonds. The molecule has 1 aromatic rings. The average molecular weight is 313 g/mol. The van der Waals surface area contributed by atoms with Crippen molar-refractivity contribution in [1.82, 2.24) is 14.4 Å². The van der Waals surface area contributed by atoms with E-state index in [-0.39, 0.29) is 0 Å². The summed E-state index contributed by atoms with van der Waals surface area (Å²) in [6.07, 6.45) is 9.97. The van der Waals surface area contributed by atoms with Crippen LogP contribution in [-0.2, 0) is 13.6 Å². The lowest BCUT2D eigenvalue weighted by Gasteiger charge is -2.58. The van der Waals surface area contributed by atoms with Crippen molar-refractivity contribution in [3.05, 3.63) is 24.0 Å². The molecule has 5 aliphatic rings. The fraction of sp³-hybridized carbons (Fsp3) is 0.800. The zero-order valence-corrected chi connectivity index (χ0v) is 14.5. The second-order valence-electron chi connectivity index (χ2n) is 8.84. The lowest BCUT2D eigenvalue weighted by Crippen LogP contribution is -2.60. The van der Waals surface area contributed by atoms with Crippen LogP contribution in [0.2, 0.25) is 0 Å². The van der Waals surface area contributed by atoms with Crippen molar-refractivity contribution in [2.75, 3.05) is 26.2 Å². The van der Waals surface area contributed by atoms with Gasteiger partial charge >= 0.3 is 0 Å². The molecule has 1 aromatic heterocycles. The van der Waals surface area contributed by atoms with E-state index in [0.29, 0.717) is 0 Å². The van der Waals surface area contributed by atoms with Gasteiger partial charge < -0.3 is 4.57 Å². The minimum absolute atomic E-state index is 0.944. The molecular weight excluding hydrogens is 282 g/mol. The molecule has 1 saturated heterocycles. The van der Waals surface area contributed by atoms with Crippen LogP contribution in [0.25, 0.3) is 0 Å². The van der Waals surface area contributed by atoms with E-state index in [0.717, 1.165) is 36.3 Å². The molecule has 126 valence electrons. The number of hydrogen-bond donors (Lipinski definition) is 0. The van der Waals surface area contributed by atoms with E-state index in [1.165, 1.54) is 31.9 Å². The summed E-state index contributed by atoms with van der Waals surface area (Å²) in [5, 5.41) is 0. The van der Waals surface area contributed by atoms with Crippen LogP contribution in [0.1, 0.15) is 37.8 Å². The molecule has 23 heavy (non-hydrogen) atoms. The van der Waals surface area contributed by atoms with E-state index in [9.17, 15) is 0 Å². The van der Waals surface area contributed by atoms with Gasteiger partial charge in [-0.25, -0.2) is 0 Å². The first kappa shape index (κ1) is 14.5. The zero-order chi connectivity index (χ0) is 15.4. The lowest BCUT2D eigenvalue weighted by molar-refractivity contribution is -0.0770. The Hall–Kier alpha value is -0.800. The molecule has 0 aromatic carbocycles. The van der Waals surface area contributed by atoms with Crippen molar-refractivity contribution < 1.29 is 0 Å². The molecule has 4 aliphatic carbocycles. The average Bonchev–Trinajstić information content (AvgIpc) is 2.93. The van der Waals surface area contributed by atoms with E-state index in [1.807, 2.05) is 0 Å².